The molecule has 19 heavy (non-hydrogen) atoms. The number of hydrogen-bond acceptors (Lipinski definition) is 4. The first-order valence-electron chi connectivity index (χ1n) is 5.90. The lowest BCUT2D eigenvalue weighted by molar-refractivity contribution is 0.224. The van der Waals surface area contributed by atoms with Crippen molar-refractivity contribution < 1.29 is 14.4 Å². The molecule has 3 N–H and O–H groups in total. The molecule has 1 atom stereocenters. The van der Waals surface area contributed by atoms with Crippen LogP contribution in [0.5, 0.6) is 0 Å². The monoisotopic (exact) mass is 261 g/mol. The predicted molar refractivity (Wildman–Crippen MR) is 69.7 cm³/mol. The van der Waals surface area contributed by atoms with Gasteiger partial charge in [0, 0.05) is 6.07 Å². The number of hydrogen-bond donors (Lipinski definition) is 3. The van der Waals surface area contributed by atoms with Gasteiger partial charge in [-0.25, -0.2) is 4.79 Å². The van der Waals surface area contributed by atoms with E-state index in [0.29, 0.717) is 12.2 Å². The van der Waals surface area contributed by atoms with Crippen LogP contribution in [-0.4, -0.2) is 28.9 Å². The highest BCUT2D eigenvalue weighted by atomic mass is 16.5. The number of anilines is 1. The minimum Gasteiger partial charge on any atom is -0.394 e. The number of carbonyl (C=O) groups excluding carboxylic acids is 1. The zero-order valence-corrected chi connectivity index (χ0v) is 10.2. The first-order chi connectivity index (χ1) is 9.28. The van der Waals surface area contributed by atoms with Crippen LogP contribution in [0.3, 0.4) is 0 Å². The predicted octanol–water partition coefficient (Wildman–Crippen LogP) is 1.40. The number of urea groups is 1. The number of aliphatic hydroxyl groups is 1. The number of benzene rings is 1. The average Bonchev–Trinajstić information content (AvgIpc) is 2.92. The summed E-state index contributed by atoms with van der Waals surface area (Å²) in [6.45, 7) is -0.138. The minimum atomic E-state index is -0.427. The molecular formula is C13H15N3O3. The molecule has 0 unspecified atom stereocenters. The zero-order chi connectivity index (χ0) is 13.5. The molecule has 0 saturated carbocycles. The Morgan fingerprint density at radius 2 is 2.11 bits per heavy atom. The minimum absolute atomic E-state index is 0.138. The number of rotatable bonds is 5. The Balaban J connectivity index is 1.86. The maximum Gasteiger partial charge on any atom is 0.320 e. The number of aliphatic hydroxyl groups excluding tert-OH is 1. The molecule has 0 radical (unpaired) electrons. The second-order valence-corrected chi connectivity index (χ2v) is 4.05. The summed E-state index contributed by atoms with van der Waals surface area (Å²) in [5.41, 5.74) is 1.04. The van der Waals surface area contributed by atoms with E-state index in [0.717, 1.165) is 5.56 Å². The molecule has 0 aliphatic rings. The fourth-order valence-electron chi connectivity index (χ4n) is 1.67. The van der Waals surface area contributed by atoms with Crippen LogP contribution in [0.1, 0.15) is 5.56 Å². The molecular weight excluding hydrogens is 246 g/mol. The van der Waals surface area contributed by atoms with E-state index >= 15 is 0 Å². The molecule has 6 nitrogen and oxygen atoms in total. The summed E-state index contributed by atoms with van der Waals surface area (Å²) >= 11 is 0. The standard InChI is InChI=1S/C13H15N3O3/c17-9-11(8-10-4-2-1-3-5-10)14-13(18)15-12-6-7-19-16-12/h1-7,11,17H,8-9H2,(H2,14,15,16,18)/t11-/m1/s1. The molecule has 0 spiro atoms. The molecule has 0 aliphatic carbocycles. The molecule has 1 aromatic carbocycles. The van der Waals surface area contributed by atoms with Crippen molar-refractivity contribution in [3.63, 3.8) is 0 Å². The van der Waals surface area contributed by atoms with Gasteiger partial charge in [0.1, 0.15) is 6.26 Å². The van der Waals surface area contributed by atoms with Gasteiger partial charge in [-0.1, -0.05) is 35.5 Å². The molecule has 6 heteroatoms. The average molecular weight is 261 g/mol. The van der Waals surface area contributed by atoms with Crippen molar-refractivity contribution in [1.29, 1.82) is 0 Å². The van der Waals surface area contributed by atoms with Crippen molar-refractivity contribution in [1.82, 2.24) is 10.5 Å². The van der Waals surface area contributed by atoms with Crippen LogP contribution in [0.2, 0.25) is 0 Å². The number of amides is 2. The van der Waals surface area contributed by atoms with E-state index in [-0.39, 0.29) is 12.6 Å². The van der Waals surface area contributed by atoms with Crippen molar-refractivity contribution in [3.8, 4) is 0 Å². The summed E-state index contributed by atoms with van der Waals surface area (Å²) in [7, 11) is 0. The first kappa shape index (κ1) is 13.1. The lowest BCUT2D eigenvalue weighted by Gasteiger charge is -2.16. The van der Waals surface area contributed by atoms with Crippen LogP contribution in [0.25, 0.3) is 0 Å². The Labute approximate surface area is 110 Å². The van der Waals surface area contributed by atoms with Gasteiger partial charge in [0.25, 0.3) is 0 Å². The fraction of sp³-hybridized carbons (Fsp3) is 0.231. The summed E-state index contributed by atoms with van der Waals surface area (Å²) in [5.74, 6) is 0.328. The van der Waals surface area contributed by atoms with Crippen LogP contribution < -0.4 is 10.6 Å². The molecule has 0 aliphatic heterocycles. The SMILES string of the molecule is O=C(Nc1ccon1)N[C@@H](CO)Cc1ccccc1. The Hall–Kier alpha value is -2.34. The summed E-state index contributed by atoms with van der Waals surface area (Å²) in [6, 6.07) is 10.4. The number of nitrogens with zero attached hydrogens (tertiary/aromatic N) is 1. The summed E-state index contributed by atoms with van der Waals surface area (Å²) in [4.78, 5) is 11.7. The van der Waals surface area contributed by atoms with Gasteiger partial charge in [-0.3, -0.25) is 5.32 Å². The Morgan fingerprint density at radius 3 is 2.74 bits per heavy atom. The van der Waals surface area contributed by atoms with Gasteiger partial charge in [-0.15, -0.1) is 0 Å². The van der Waals surface area contributed by atoms with E-state index in [1.165, 1.54) is 12.3 Å². The maximum atomic E-state index is 11.7. The molecule has 1 aromatic heterocycles. The van der Waals surface area contributed by atoms with Crippen molar-refractivity contribution in [2.75, 3.05) is 11.9 Å². The third-order valence-corrected chi connectivity index (χ3v) is 2.56. The Morgan fingerprint density at radius 1 is 1.32 bits per heavy atom. The van der Waals surface area contributed by atoms with Crippen LogP contribution in [0.4, 0.5) is 10.6 Å². The van der Waals surface area contributed by atoms with E-state index in [1.54, 1.807) is 0 Å². The Kier molecular flexibility index (Phi) is 4.52. The third-order valence-electron chi connectivity index (χ3n) is 2.56. The van der Waals surface area contributed by atoms with E-state index < -0.39 is 6.03 Å². The normalized spacial score (nSPS) is 11.8. The quantitative estimate of drug-likeness (QED) is 0.759. The van der Waals surface area contributed by atoms with Crippen molar-refractivity contribution >= 4 is 11.8 Å². The van der Waals surface area contributed by atoms with Gasteiger partial charge in [0.05, 0.1) is 12.6 Å². The van der Waals surface area contributed by atoms with E-state index in [2.05, 4.69) is 20.3 Å². The topological polar surface area (TPSA) is 87.4 Å². The second kappa shape index (κ2) is 6.55. The van der Waals surface area contributed by atoms with Crippen molar-refractivity contribution in [3.05, 3.63) is 48.2 Å². The van der Waals surface area contributed by atoms with Gasteiger partial charge < -0.3 is 14.9 Å². The number of carbonyl (C=O) groups is 1. The van der Waals surface area contributed by atoms with Gasteiger partial charge in [-0.2, -0.15) is 0 Å². The molecule has 0 saturated heterocycles. The maximum absolute atomic E-state index is 11.7. The molecule has 0 bridgehead atoms. The number of nitrogens with one attached hydrogen (secondary N) is 2. The van der Waals surface area contributed by atoms with Gasteiger partial charge in [0.2, 0.25) is 0 Å². The summed E-state index contributed by atoms with van der Waals surface area (Å²) in [5, 5.41) is 18.0. The summed E-state index contributed by atoms with van der Waals surface area (Å²) < 4.78 is 4.60. The second-order valence-electron chi connectivity index (χ2n) is 4.05. The van der Waals surface area contributed by atoms with Gasteiger partial charge in [0.15, 0.2) is 5.82 Å². The van der Waals surface area contributed by atoms with Crippen LogP contribution in [-0.2, 0) is 6.42 Å². The van der Waals surface area contributed by atoms with Gasteiger partial charge in [-0.05, 0) is 12.0 Å². The smallest absolute Gasteiger partial charge is 0.320 e. The number of aromatic nitrogens is 1. The van der Waals surface area contributed by atoms with Crippen molar-refractivity contribution in [2.45, 2.75) is 12.5 Å². The lowest BCUT2D eigenvalue weighted by Crippen LogP contribution is -2.41. The van der Waals surface area contributed by atoms with E-state index in [9.17, 15) is 9.90 Å². The zero-order valence-electron chi connectivity index (χ0n) is 10.2. The molecule has 0 fully saturated rings. The van der Waals surface area contributed by atoms with Crippen LogP contribution in [0.15, 0.2) is 47.2 Å². The molecule has 2 aromatic rings. The largest absolute Gasteiger partial charge is 0.394 e. The van der Waals surface area contributed by atoms with Crippen LogP contribution >= 0.6 is 0 Å². The third kappa shape index (κ3) is 4.11. The van der Waals surface area contributed by atoms with Gasteiger partial charge >= 0.3 is 6.03 Å². The van der Waals surface area contributed by atoms with E-state index in [4.69, 9.17) is 0 Å². The lowest BCUT2D eigenvalue weighted by atomic mass is 10.1. The van der Waals surface area contributed by atoms with Crippen LogP contribution in [0, 0.1) is 0 Å². The highest BCUT2D eigenvalue weighted by Gasteiger charge is 2.12. The highest BCUT2D eigenvalue weighted by molar-refractivity contribution is 5.88. The Bertz CT molecular complexity index is 499. The fourth-order valence-corrected chi connectivity index (χ4v) is 1.67. The first-order valence-corrected chi connectivity index (χ1v) is 5.90. The van der Waals surface area contributed by atoms with Crippen molar-refractivity contribution in [2.24, 2.45) is 0 Å². The molecule has 2 amide bonds. The summed E-state index contributed by atoms with van der Waals surface area (Å²) in [6.07, 6.45) is 1.92. The molecule has 1 heterocycles. The van der Waals surface area contributed by atoms with E-state index in [1.807, 2.05) is 30.3 Å². The highest BCUT2D eigenvalue weighted by Crippen LogP contribution is 2.04. The molecule has 2 rings (SSSR count). The molecule has 100 valence electrons.